The van der Waals surface area contributed by atoms with Crippen molar-refractivity contribution in [2.24, 2.45) is 7.05 Å². The maximum Gasteiger partial charge on any atom is 0.0965 e. The standard InChI is InChI=1S/C12H20N6/c1-12(2,3)18-9-11(15-16-18)7-13-5-10-6-14-17(4)8-10/h6,8-9,13H,5,7H2,1-4H3. The average molecular weight is 248 g/mol. The second kappa shape index (κ2) is 4.89. The third kappa shape index (κ3) is 3.16. The summed E-state index contributed by atoms with van der Waals surface area (Å²) in [5.41, 5.74) is 2.10. The van der Waals surface area contributed by atoms with Gasteiger partial charge in [-0.1, -0.05) is 5.21 Å². The highest BCUT2D eigenvalue weighted by atomic mass is 15.4. The van der Waals surface area contributed by atoms with Crippen LogP contribution in [0, 0.1) is 0 Å². The lowest BCUT2D eigenvalue weighted by Gasteiger charge is -2.17. The maximum absolute atomic E-state index is 4.15. The summed E-state index contributed by atoms with van der Waals surface area (Å²) < 4.78 is 3.68. The Hall–Kier alpha value is -1.69. The van der Waals surface area contributed by atoms with Crippen LogP contribution in [0.4, 0.5) is 0 Å². The van der Waals surface area contributed by atoms with Crippen molar-refractivity contribution in [3.63, 3.8) is 0 Å². The summed E-state index contributed by atoms with van der Waals surface area (Å²) in [7, 11) is 1.92. The summed E-state index contributed by atoms with van der Waals surface area (Å²) in [4.78, 5) is 0. The van der Waals surface area contributed by atoms with Gasteiger partial charge in [0.15, 0.2) is 0 Å². The van der Waals surface area contributed by atoms with Gasteiger partial charge < -0.3 is 5.32 Å². The number of aromatic nitrogens is 5. The fraction of sp³-hybridized carbons (Fsp3) is 0.583. The van der Waals surface area contributed by atoms with Crippen molar-refractivity contribution in [3.8, 4) is 0 Å². The summed E-state index contributed by atoms with van der Waals surface area (Å²) in [6.45, 7) is 7.82. The van der Waals surface area contributed by atoms with Gasteiger partial charge >= 0.3 is 0 Å². The lowest BCUT2D eigenvalue weighted by molar-refractivity contribution is 0.347. The number of rotatable bonds is 4. The fourth-order valence-corrected chi connectivity index (χ4v) is 1.61. The molecule has 98 valence electrons. The highest BCUT2D eigenvalue weighted by Crippen LogP contribution is 2.11. The Bertz CT molecular complexity index is 505. The van der Waals surface area contributed by atoms with E-state index < -0.39 is 0 Å². The largest absolute Gasteiger partial charge is 0.307 e. The molecule has 0 bridgehead atoms. The van der Waals surface area contributed by atoms with Crippen molar-refractivity contribution in [2.75, 3.05) is 0 Å². The minimum absolute atomic E-state index is 0.0192. The average Bonchev–Trinajstić information content (AvgIpc) is 2.87. The predicted molar refractivity (Wildman–Crippen MR) is 68.8 cm³/mol. The molecule has 0 saturated carbocycles. The predicted octanol–water partition coefficient (Wildman–Crippen LogP) is 1.06. The Kier molecular flexibility index (Phi) is 3.47. The van der Waals surface area contributed by atoms with Crippen LogP contribution in [-0.2, 0) is 25.7 Å². The van der Waals surface area contributed by atoms with E-state index in [2.05, 4.69) is 41.5 Å². The zero-order valence-corrected chi connectivity index (χ0v) is 11.4. The number of nitrogens with one attached hydrogen (secondary N) is 1. The molecule has 0 fully saturated rings. The molecule has 0 spiro atoms. The van der Waals surface area contributed by atoms with E-state index in [1.54, 1.807) is 4.68 Å². The van der Waals surface area contributed by atoms with Gasteiger partial charge in [-0.15, -0.1) is 5.10 Å². The van der Waals surface area contributed by atoms with E-state index in [-0.39, 0.29) is 5.54 Å². The van der Waals surface area contributed by atoms with Crippen molar-refractivity contribution in [3.05, 3.63) is 29.8 Å². The molecule has 0 atom stereocenters. The third-order valence-corrected chi connectivity index (χ3v) is 2.62. The monoisotopic (exact) mass is 248 g/mol. The quantitative estimate of drug-likeness (QED) is 0.878. The molecule has 0 unspecified atom stereocenters. The number of aryl methyl sites for hydroxylation is 1. The van der Waals surface area contributed by atoms with Gasteiger partial charge in [-0.25, -0.2) is 4.68 Å². The first-order valence-corrected chi connectivity index (χ1v) is 6.05. The molecule has 2 heterocycles. The zero-order chi connectivity index (χ0) is 13.2. The van der Waals surface area contributed by atoms with Gasteiger partial charge in [0.05, 0.1) is 23.6 Å². The Morgan fingerprint density at radius 2 is 2.00 bits per heavy atom. The normalized spacial score (nSPS) is 12.0. The van der Waals surface area contributed by atoms with Crippen LogP contribution in [0.3, 0.4) is 0 Å². The first kappa shape index (κ1) is 12.8. The van der Waals surface area contributed by atoms with E-state index in [9.17, 15) is 0 Å². The van der Waals surface area contributed by atoms with E-state index in [1.165, 1.54) is 5.56 Å². The van der Waals surface area contributed by atoms with E-state index in [0.717, 1.165) is 12.2 Å². The molecule has 0 aliphatic carbocycles. The van der Waals surface area contributed by atoms with Gasteiger partial charge in [0.2, 0.25) is 0 Å². The molecule has 0 aromatic carbocycles. The molecule has 2 aromatic heterocycles. The number of nitrogens with zero attached hydrogens (tertiary/aromatic N) is 5. The summed E-state index contributed by atoms with van der Waals surface area (Å²) in [5.74, 6) is 0. The molecule has 1 N–H and O–H groups in total. The first-order valence-electron chi connectivity index (χ1n) is 6.05. The van der Waals surface area contributed by atoms with Gasteiger partial charge in [0.1, 0.15) is 0 Å². The molecule has 0 aliphatic rings. The second-order valence-electron chi connectivity index (χ2n) is 5.45. The fourth-order valence-electron chi connectivity index (χ4n) is 1.61. The molecule has 0 aliphatic heterocycles. The van der Waals surface area contributed by atoms with E-state index in [4.69, 9.17) is 0 Å². The maximum atomic E-state index is 4.15. The Morgan fingerprint density at radius 3 is 2.56 bits per heavy atom. The minimum atomic E-state index is -0.0192. The molecule has 6 heteroatoms. The number of hydrogen-bond acceptors (Lipinski definition) is 4. The first-order chi connectivity index (χ1) is 8.45. The topological polar surface area (TPSA) is 60.6 Å². The second-order valence-corrected chi connectivity index (χ2v) is 5.45. The van der Waals surface area contributed by atoms with Crippen molar-refractivity contribution in [2.45, 2.75) is 39.4 Å². The van der Waals surface area contributed by atoms with Crippen LogP contribution in [0.15, 0.2) is 18.6 Å². The van der Waals surface area contributed by atoms with E-state index in [1.807, 2.05) is 30.3 Å². The molecule has 2 aromatic rings. The molecular formula is C12H20N6. The lowest BCUT2D eigenvalue weighted by atomic mass is 10.1. The van der Waals surface area contributed by atoms with Crippen LogP contribution in [0.5, 0.6) is 0 Å². The molecule has 0 amide bonds. The molecule has 0 radical (unpaired) electrons. The number of hydrogen-bond donors (Lipinski definition) is 1. The Labute approximate surface area is 107 Å². The van der Waals surface area contributed by atoms with Gasteiger partial charge in [-0.3, -0.25) is 4.68 Å². The summed E-state index contributed by atoms with van der Waals surface area (Å²) in [6, 6.07) is 0. The van der Waals surface area contributed by atoms with Crippen molar-refractivity contribution in [1.29, 1.82) is 0 Å². The lowest BCUT2D eigenvalue weighted by Crippen LogP contribution is -2.22. The Morgan fingerprint density at radius 1 is 1.22 bits per heavy atom. The van der Waals surface area contributed by atoms with Gasteiger partial charge in [-0.2, -0.15) is 5.10 Å². The highest BCUT2D eigenvalue weighted by molar-refractivity contribution is 5.03. The third-order valence-electron chi connectivity index (χ3n) is 2.62. The molecule has 0 saturated heterocycles. The Balaban J connectivity index is 1.85. The van der Waals surface area contributed by atoms with E-state index in [0.29, 0.717) is 6.54 Å². The van der Waals surface area contributed by atoms with Crippen LogP contribution in [0.2, 0.25) is 0 Å². The van der Waals surface area contributed by atoms with Gasteiger partial charge in [-0.05, 0) is 20.8 Å². The van der Waals surface area contributed by atoms with Crippen LogP contribution in [0.1, 0.15) is 32.0 Å². The van der Waals surface area contributed by atoms with E-state index >= 15 is 0 Å². The summed E-state index contributed by atoms with van der Waals surface area (Å²) in [5, 5.41) is 15.7. The van der Waals surface area contributed by atoms with Gasteiger partial charge in [0.25, 0.3) is 0 Å². The van der Waals surface area contributed by atoms with Crippen LogP contribution in [-0.4, -0.2) is 24.8 Å². The van der Waals surface area contributed by atoms with Crippen molar-refractivity contribution in [1.82, 2.24) is 30.1 Å². The highest BCUT2D eigenvalue weighted by Gasteiger charge is 2.14. The molecule has 2 rings (SSSR count). The summed E-state index contributed by atoms with van der Waals surface area (Å²) in [6.07, 6.45) is 5.84. The smallest absolute Gasteiger partial charge is 0.0965 e. The zero-order valence-electron chi connectivity index (χ0n) is 11.4. The minimum Gasteiger partial charge on any atom is -0.307 e. The van der Waals surface area contributed by atoms with Gasteiger partial charge in [0, 0.05) is 31.9 Å². The van der Waals surface area contributed by atoms with Crippen LogP contribution in [0.25, 0.3) is 0 Å². The van der Waals surface area contributed by atoms with Crippen LogP contribution < -0.4 is 5.32 Å². The SMILES string of the molecule is Cn1cc(CNCc2cn(C(C)(C)C)nn2)cn1. The van der Waals surface area contributed by atoms with Crippen molar-refractivity contribution < 1.29 is 0 Å². The van der Waals surface area contributed by atoms with Crippen LogP contribution >= 0.6 is 0 Å². The summed E-state index contributed by atoms with van der Waals surface area (Å²) >= 11 is 0. The molecular weight excluding hydrogens is 228 g/mol. The molecule has 18 heavy (non-hydrogen) atoms. The van der Waals surface area contributed by atoms with Crippen molar-refractivity contribution >= 4 is 0 Å². The molecule has 6 nitrogen and oxygen atoms in total.